The molecule has 1 aliphatic rings. The van der Waals surface area contributed by atoms with Gasteiger partial charge in [0, 0.05) is 31.7 Å². The Morgan fingerprint density at radius 2 is 2.19 bits per heavy atom. The number of rotatable bonds is 3. The van der Waals surface area contributed by atoms with E-state index >= 15 is 0 Å². The van der Waals surface area contributed by atoms with Crippen LogP contribution < -0.4 is 11.1 Å². The minimum Gasteiger partial charge on any atom is -0.324 e. The van der Waals surface area contributed by atoms with E-state index in [2.05, 4.69) is 41.5 Å². The number of nitrogens with one attached hydrogen (secondary N) is 1. The fraction of sp³-hybridized carbons (Fsp3) is 0.538. The molecule has 0 aliphatic carbocycles. The van der Waals surface area contributed by atoms with Gasteiger partial charge < -0.3 is 16.0 Å². The van der Waals surface area contributed by atoms with Crippen molar-refractivity contribution < 1.29 is 0 Å². The zero-order chi connectivity index (χ0) is 11.4. The van der Waals surface area contributed by atoms with E-state index in [0.29, 0.717) is 6.04 Å². The maximum atomic E-state index is 6.23. The first kappa shape index (κ1) is 11.6. The van der Waals surface area contributed by atoms with Gasteiger partial charge in [0.1, 0.15) is 0 Å². The van der Waals surface area contributed by atoms with Gasteiger partial charge in [-0.1, -0.05) is 30.3 Å². The molecule has 0 spiro atoms. The molecule has 1 aromatic rings. The molecule has 0 amide bonds. The van der Waals surface area contributed by atoms with Crippen LogP contribution in [0.3, 0.4) is 0 Å². The molecule has 88 valence electrons. The van der Waals surface area contributed by atoms with Crippen molar-refractivity contribution in [1.82, 2.24) is 10.2 Å². The van der Waals surface area contributed by atoms with Crippen molar-refractivity contribution >= 4 is 0 Å². The molecule has 1 aromatic carbocycles. The van der Waals surface area contributed by atoms with Gasteiger partial charge in [-0.2, -0.15) is 0 Å². The summed E-state index contributed by atoms with van der Waals surface area (Å²) in [5.41, 5.74) is 7.47. The Hall–Kier alpha value is -0.900. The van der Waals surface area contributed by atoms with E-state index in [9.17, 15) is 0 Å². The fourth-order valence-corrected chi connectivity index (χ4v) is 2.26. The number of hydrogen-bond acceptors (Lipinski definition) is 3. The molecule has 0 radical (unpaired) electrons. The lowest BCUT2D eigenvalue weighted by Crippen LogP contribution is -2.50. The summed E-state index contributed by atoms with van der Waals surface area (Å²) in [6.07, 6.45) is 1.02. The lowest BCUT2D eigenvalue weighted by Gasteiger charge is -2.34. The predicted octanol–water partition coefficient (Wildman–Crippen LogP) is 0.980. The van der Waals surface area contributed by atoms with Crippen molar-refractivity contribution in [1.29, 1.82) is 0 Å². The molecule has 2 rings (SSSR count). The number of piperazine rings is 1. The van der Waals surface area contributed by atoms with Crippen LogP contribution in [0, 0.1) is 0 Å². The molecular formula is C13H21N3. The molecule has 2 unspecified atom stereocenters. The first-order valence-electron chi connectivity index (χ1n) is 5.99. The quantitative estimate of drug-likeness (QED) is 0.796. The van der Waals surface area contributed by atoms with Gasteiger partial charge in [0.05, 0.1) is 0 Å². The number of nitrogens with zero attached hydrogens (tertiary/aromatic N) is 1. The summed E-state index contributed by atoms with van der Waals surface area (Å²) in [6.45, 7) is 3.26. The Labute approximate surface area is 97.6 Å². The van der Waals surface area contributed by atoms with Crippen LogP contribution in [0.1, 0.15) is 18.0 Å². The van der Waals surface area contributed by atoms with Crippen molar-refractivity contribution in [2.24, 2.45) is 5.73 Å². The minimum atomic E-state index is 0.147. The number of nitrogens with two attached hydrogens (primary N) is 1. The molecule has 3 N–H and O–H groups in total. The summed E-state index contributed by atoms with van der Waals surface area (Å²) >= 11 is 0. The summed E-state index contributed by atoms with van der Waals surface area (Å²) in [7, 11) is 2.18. The van der Waals surface area contributed by atoms with Crippen LogP contribution >= 0.6 is 0 Å². The van der Waals surface area contributed by atoms with E-state index in [0.717, 1.165) is 26.1 Å². The Morgan fingerprint density at radius 3 is 2.88 bits per heavy atom. The average molecular weight is 219 g/mol. The smallest absolute Gasteiger partial charge is 0.0310 e. The Kier molecular flexibility index (Phi) is 3.93. The maximum Gasteiger partial charge on any atom is 0.0310 e. The molecule has 0 aromatic heterocycles. The summed E-state index contributed by atoms with van der Waals surface area (Å²) in [5, 5.41) is 3.42. The molecule has 0 bridgehead atoms. The molecule has 3 nitrogen and oxygen atoms in total. The van der Waals surface area contributed by atoms with E-state index in [4.69, 9.17) is 5.73 Å². The number of benzene rings is 1. The molecule has 0 saturated carbocycles. The van der Waals surface area contributed by atoms with Crippen molar-refractivity contribution in [2.45, 2.75) is 18.5 Å². The predicted molar refractivity (Wildman–Crippen MR) is 67.3 cm³/mol. The monoisotopic (exact) mass is 219 g/mol. The molecule has 16 heavy (non-hydrogen) atoms. The Bertz CT molecular complexity index is 312. The van der Waals surface area contributed by atoms with Crippen LogP contribution in [0.2, 0.25) is 0 Å². The summed E-state index contributed by atoms with van der Waals surface area (Å²) in [6, 6.07) is 11.1. The van der Waals surface area contributed by atoms with Crippen molar-refractivity contribution in [3.05, 3.63) is 35.9 Å². The summed E-state index contributed by atoms with van der Waals surface area (Å²) < 4.78 is 0. The van der Waals surface area contributed by atoms with Gasteiger partial charge in [0.25, 0.3) is 0 Å². The molecular weight excluding hydrogens is 198 g/mol. The van der Waals surface area contributed by atoms with Crippen LogP contribution in [0.25, 0.3) is 0 Å². The number of hydrogen-bond donors (Lipinski definition) is 2. The zero-order valence-electron chi connectivity index (χ0n) is 9.89. The molecule has 2 atom stereocenters. The maximum absolute atomic E-state index is 6.23. The highest BCUT2D eigenvalue weighted by molar-refractivity contribution is 5.18. The third-order valence-corrected chi connectivity index (χ3v) is 3.40. The van der Waals surface area contributed by atoms with E-state index in [1.54, 1.807) is 0 Å². The topological polar surface area (TPSA) is 41.3 Å². The van der Waals surface area contributed by atoms with Crippen LogP contribution in [-0.4, -0.2) is 37.6 Å². The zero-order valence-corrected chi connectivity index (χ0v) is 9.89. The second-order valence-electron chi connectivity index (χ2n) is 4.59. The van der Waals surface area contributed by atoms with Crippen molar-refractivity contribution in [3.63, 3.8) is 0 Å². The highest BCUT2D eigenvalue weighted by Crippen LogP contribution is 2.18. The molecule has 1 aliphatic heterocycles. The van der Waals surface area contributed by atoms with E-state index in [1.807, 2.05) is 6.07 Å². The third-order valence-electron chi connectivity index (χ3n) is 3.40. The standard InChI is InChI=1S/C13H21N3/c1-16-8-7-15-10-12(16)9-13(14)11-5-3-2-4-6-11/h2-6,12-13,15H,7-10,14H2,1H3. The van der Waals surface area contributed by atoms with Gasteiger partial charge in [-0.25, -0.2) is 0 Å². The van der Waals surface area contributed by atoms with Gasteiger partial charge in [-0.3, -0.25) is 0 Å². The Morgan fingerprint density at radius 1 is 1.44 bits per heavy atom. The van der Waals surface area contributed by atoms with Gasteiger partial charge in [-0.15, -0.1) is 0 Å². The van der Waals surface area contributed by atoms with Crippen molar-refractivity contribution in [3.8, 4) is 0 Å². The second-order valence-corrected chi connectivity index (χ2v) is 4.59. The first-order chi connectivity index (χ1) is 7.77. The van der Waals surface area contributed by atoms with Gasteiger partial charge in [-0.05, 0) is 19.0 Å². The molecule has 3 heteroatoms. The van der Waals surface area contributed by atoms with Crippen LogP contribution in [0.15, 0.2) is 30.3 Å². The second kappa shape index (κ2) is 5.43. The third kappa shape index (κ3) is 2.82. The van der Waals surface area contributed by atoms with Crippen molar-refractivity contribution in [2.75, 3.05) is 26.7 Å². The van der Waals surface area contributed by atoms with Gasteiger partial charge >= 0.3 is 0 Å². The summed E-state index contributed by atoms with van der Waals surface area (Å²) in [5.74, 6) is 0. The van der Waals surface area contributed by atoms with Crippen LogP contribution in [0.4, 0.5) is 0 Å². The van der Waals surface area contributed by atoms with E-state index in [1.165, 1.54) is 5.56 Å². The van der Waals surface area contributed by atoms with E-state index in [-0.39, 0.29) is 6.04 Å². The molecule has 1 saturated heterocycles. The normalized spacial score (nSPS) is 24.2. The molecule has 1 heterocycles. The van der Waals surface area contributed by atoms with E-state index < -0.39 is 0 Å². The lowest BCUT2D eigenvalue weighted by atomic mass is 9.98. The fourth-order valence-electron chi connectivity index (χ4n) is 2.26. The average Bonchev–Trinajstić information content (AvgIpc) is 2.33. The highest BCUT2D eigenvalue weighted by Gasteiger charge is 2.21. The summed E-state index contributed by atoms with van der Waals surface area (Å²) in [4.78, 5) is 2.40. The Balaban J connectivity index is 1.94. The minimum absolute atomic E-state index is 0.147. The largest absolute Gasteiger partial charge is 0.324 e. The van der Waals surface area contributed by atoms with Crippen LogP contribution in [-0.2, 0) is 0 Å². The van der Waals surface area contributed by atoms with Gasteiger partial charge in [0.2, 0.25) is 0 Å². The first-order valence-corrected chi connectivity index (χ1v) is 5.99. The highest BCUT2D eigenvalue weighted by atomic mass is 15.2. The van der Waals surface area contributed by atoms with Gasteiger partial charge in [0.15, 0.2) is 0 Å². The van der Waals surface area contributed by atoms with Crippen LogP contribution in [0.5, 0.6) is 0 Å². The SMILES string of the molecule is CN1CCNCC1CC(N)c1ccccc1. The number of likely N-dealkylation sites (N-methyl/N-ethyl adjacent to an activating group) is 1. The lowest BCUT2D eigenvalue weighted by molar-refractivity contribution is 0.182. The molecule has 1 fully saturated rings.